The molecule has 0 aromatic rings. The predicted octanol–water partition coefficient (Wildman–Crippen LogP) is 36.3. The molecule has 0 amide bonds. The van der Waals surface area contributed by atoms with E-state index in [0.29, 0.717) is 47.5 Å². The summed E-state index contributed by atoms with van der Waals surface area (Å²) in [5.41, 5.74) is 1.11. The maximum absolute atomic E-state index is 11.1. The molecule has 0 N–H and O–H groups in total. The van der Waals surface area contributed by atoms with Gasteiger partial charge in [-0.05, 0) is 191 Å². The van der Waals surface area contributed by atoms with Crippen LogP contribution in [0.5, 0.6) is 0 Å². The van der Waals surface area contributed by atoms with E-state index >= 15 is 0 Å². The normalized spacial score (nSPS) is 27.6. The Morgan fingerprint density at radius 3 is 0.696 bits per heavy atom. The van der Waals surface area contributed by atoms with Crippen molar-refractivity contribution in [2.45, 2.75) is 552 Å². The Morgan fingerprint density at radius 2 is 0.598 bits per heavy atom. The monoisotopic (exact) mass is 1640 g/mol. The van der Waals surface area contributed by atoms with E-state index < -0.39 is 19.7 Å². The van der Waals surface area contributed by atoms with Crippen LogP contribution >= 0.6 is 0 Å². The lowest BCUT2D eigenvalue weighted by molar-refractivity contribution is 0.0672. The molecular weight excluding hydrogens is 1410 g/mol. The van der Waals surface area contributed by atoms with E-state index in [4.69, 9.17) is 14.2 Å². The minimum atomic E-state index is -2.81. The van der Waals surface area contributed by atoms with Gasteiger partial charge in [-0.15, -0.1) is 0 Å². The zero-order chi connectivity index (χ0) is 92.4. The molecule has 0 spiro atoms. The van der Waals surface area contributed by atoms with E-state index in [1.165, 1.54) is 122 Å². The SMILES string of the molecule is CC.CC.CC.CC.CC.CC.CC.CC.CC.CC.CC.CC.CC/C=C\CC.CC1C=CC(C)C1.CC1C=CC(C)C1(C)C.CC1C=CC(C)O1.CC1C=CC(C)S1(=O)=O.CC1CCC(C)C1.CC1CCC(C)C1(C)C.CC1CCC(C)O1.CC1CCC(C)S1(=O)=O.CCC1OC1CC.CCCCC.CCCCCC. The number of sulfone groups is 2. The van der Waals surface area contributed by atoms with Gasteiger partial charge in [-0.3, -0.25) is 0 Å². The van der Waals surface area contributed by atoms with Crippen molar-refractivity contribution < 1.29 is 31.0 Å². The second-order valence-electron chi connectivity index (χ2n) is 29.4. The van der Waals surface area contributed by atoms with Crippen molar-refractivity contribution in [3.63, 3.8) is 0 Å². The van der Waals surface area contributed by atoms with E-state index in [1.54, 1.807) is 39.8 Å². The third kappa shape index (κ3) is 86.3. The number of hydrogen-bond donors (Lipinski definition) is 0. The summed E-state index contributed by atoms with van der Waals surface area (Å²) in [6.45, 7) is 109. The Kier molecular flexibility index (Phi) is 137. The molecule has 7 nitrogen and oxygen atoms in total. The number of hydrogen-bond acceptors (Lipinski definition) is 7. The summed E-state index contributed by atoms with van der Waals surface area (Å²) in [5, 5.41) is -0.722. The van der Waals surface area contributed by atoms with E-state index in [9.17, 15) is 16.8 Å². The van der Waals surface area contributed by atoms with Gasteiger partial charge in [0, 0.05) is 0 Å². The van der Waals surface area contributed by atoms with Gasteiger partial charge >= 0.3 is 0 Å². The summed E-state index contributed by atoms with van der Waals surface area (Å²) < 4.78 is 60.1. The van der Waals surface area contributed by atoms with Gasteiger partial charge in [0.25, 0.3) is 0 Å². The zero-order valence-corrected chi connectivity index (χ0v) is 89.3. The Labute approximate surface area is 717 Å². The summed E-state index contributed by atoms with van der Waals surface area (Å²) in [6.07, 6.45) is 51.4. The number of allylic oxidation sites excluding steroid dienone is 6. The molecule has 0 bridgehead atoms. The fourth-order valence-corrected chi connectivity index (χ4v) is 14.5. The van der Waals surface area contributed by atoms with Crippen LogP contribution in [-0.4, -0.2) is 74.5 Å². The first-order valence-electron chi connectivity index (χ1n) is 48.8. The molecule has 5 heterocycles. The molecule has 18 unspecified atom stereocenters. The molecule has 5 aliphatic heterocycles. The van der Waals surface area contributed by atoms with E-state index in [2.05, 4.69) is 201 Å². The molecule has 5 fully saturated rings. The summed E-state index contributed by atoms with van der Waals surface area (Å²) in [7, 11) is -5.52. The molecule has 9 rings (SSSR count). The predicted molar refractivity (Wildman–Crippen MR) is 529 cm³/mol. The molecule has 112 heavy (non-hydrogen) atoms. The highest BCUT2D eigenvalue weighted by Crippen LogP contribution is 2.46. The number of epoxide rings is 1. The van der Waals surface area contributed by atoms with Crippen LogP contribution in [0.2, 0.25) is 0 Å². The molecule has 2 saturated carbocycles. The molecular formula is C103H226O7S2. The highest BCUT2D eigenvalue weighted by molar-refractivity contribution is 7.93. The van der Waals surface area contributed by atoms with Gasteiger partial charge in [-0.25, -0.2) is 16.8 Å². The van der Waals surface area contributed by atoms with Gasteiger partial charge in [0.2, 0.25) is 0 Å². The molecule has 4 aliphatic carbocycles. The molecule has 9 heteroatoms. The second-order valence-corrected chi connectivity index (χ2v) is 34.9. The highest BCUT2D eigenvalue weighted by Gasteiger charge is 2.38. The van der Waals surface area contributed by atoms with Gasteiger partial charge < -0.3 is 14.2 Å². The molecule has 9 aliphatic rings. The summed E-state index contributed by atoms with van der Waals surface area (Å²) in [4.78, 5) is 0. The average molecular weight is 1640 g/mol. The number of rotatable bonds is 9. The Hall–Kier alpha value is -1.52. The zero-order valence-electron chi connectivity index (χ0n) is 87.7. The van der Waals surface area contributed by atoms with Crippen LogP contribution in [0.25, 0.3) is 0 Å². The fraction of sp³-hybridized carbons (Fsp3) is 0.903. The first-order chi connectivity index (χ1) is 53.0. The maximum atomic E-state index is 11.1. The van der Waals surface area contributed by atoms with Crippen LogP contribution in [-0.2, 0) is 33.9 Å². The van der Waals surface area contributed by atoms with Crippen LogP contribution in [0, 0.1) is 58.2 Å². The summed E-state index contributed by atoms with van der Waals surface area (Å²) in [5.74, 6) is 7.12. The summed E-state index contributed by atoms with van der Waals surface area (Å²) >= 11 is 0. The van der Waals surface area contributed by atoms with Gasteiger partial charge in [0.15, 0.2) is 19.7 Å². The van der Waals surface area contributed by atoms with Gasteiger partial charge in [0.1, 0.15) is 0 Å². The third-order valence-electron chi connectivity index (χ3n) is 20.2. The van der Waals surface area contributed by atoms with E-state index in [0.717, 1.165) is 60.2 Å². The first-order valence-corrected chi connectivity index (χ1v) is 52.0. The van der Waals surface area contributed by atoms with Crippen molar-refractivity contribution in [2.24, 2.45) is 58.2 Å². The Bertz CT molecular complexity index is 1880. The van der Waals surface area contributed by atoms with Crippen LogP contribution in [0.4, 0.5) is 0 Å². The van der Waals surface area contributed by atoms with Crippen LogP contribution in [0.15, 0.2) is 60.8 Å². The average Bonchev–Trinajstić information content (AvgIpc) is 1.65. The molecule has 0 radical (unpaired) electrons. The highest BCUT2D eigenvalue weighted by atomic mass is 32.2. The summed E-state index contributed by atoms with van der Waals surface area (Å²) in [6, 6.07) is 0. The van der Waals surface area contributed by atoms with Crippen molar-refractivity contribution in [1.82, 2.24) is 0 Å². The maximum Gasteiger partial charge on any atom is 0.162 e. The Morgan fingerprint density at radius 1 is 0.312 bits per heavy atom. The van der Waals surface area contributed by atoms with Crippen molar-refractivity contribution in [1.29, 1.82) is 0 Å². The van der Waals surface area contributed by atoms with Crippen molar-refractivity contribution >= 4 is 19.7 Å². The van der Waals surface area contributed by atoms with Crippen molar-refractivity contribution in [2.75, 3.05) is 0 Å². The molecule has 0 aromatic carbocycles. The fourth-order valence-electron chi connectivity index (χ4n) is 11.5. The lowest BCUT2D eigenvalue weighted by atomic mass is 9.76. The van der Waals surface area contributed by atoms with Crippen molar-refractivity contribution in [3.8, 4) is 0 Å². The minimum Gasteiger partial charge on any atom is -0.376 e. The van der Waals surface area contributed by atoms with Crippen LogP contribution in [0.3, 0.4) is 0 Å². The second kappa shape index (κ2) is 106. The van der Waals surface area contributed by atoms with Gasteiger partial charge in [-0.2, -0.15) is 0 Å². The Balaban J connectivity index is -0.0000000689. The number of ether oxygens (including phenoxy) is 3. The quantitative estimate of drug-likeness (QED) is 0.129. The first kappa shape index (κ1) is 145. The van der Waals surface area contributed by atoms with E-state index in [-0.39, 0.29) is 21.0 Å². The smallest absolute Gasteiger partial charge is 0.162 e. The lowest BCUT2D eigenvalue weighted by Gasteiger charge is -2.28. The topological polar surface area (TPSA) is 99.3 Å². The van der Waals surface area contributed by atoms with Crippen LogP contribution in [0.1, 0.15) is 495 Å². The standard InChI is InChI=1S/C9H18.C9H16.C7H14.C7H12.C6H12O2S.C6H10O2S.C6H12O.C6H10O.C6H12O.C6H14.C6H12.C5H12.12C2H6/c2*1-7-5-6-8(2)9(7,3)4;2*1-6-3-4-7(2)5-6;2*1-5-3-4-6(2)9(5,7)8;2*1-5-3-4-6(2)7-5;1-3-5-6(4-2)7-5;2*1-3-5-6-4-2;1-3-5-4-2;12*1-2/h7-8H,5-6H2,1-4H3;5-8H,1-4H3;6-7H,3-5H2,1-2H3;3-4,6-7H,5H2,1-2H3;5-6H,3-4H2,1-2H3;3-6H,1-2H3;5-6H,3-4H2,1-2H3;3-6H,1-2H3;5-6H,3-4H2,1-2H3;3-6H2,1-2H3;5-6H,3-4H2,1-2H3;3-5H2,1-2H3;12*1-2H3/b;;;;;;;;;;6-5-;;;;;;;;;;;;;. The minimum absolute atomic E-state index is 0.0903. The van der Waals surface area contributed by atoms with E-state index in [1.807, 2.05) is 180 Å². The molecule has 18 atom stereocenters. The lowest BCUT2D eigenvalue weighted by Crippen LogP contribution is -2.21. The van der Waals surface area contributed by atoms with Gasteiger partial charge in [0.05, 0.1) is 57.6 Å². The molecule has 692 valence electrons. The number of unbranched alkanes of at least 4 members (excludes halogenated alkanes) is 5. The van der Waals surface area contributed by atoms with Crippen LogP contribution < -0.4 is 0 Å². The third-order valence-corrected chi connectivity index (χ3v) is 25.3. The molecule has 3 saturated heterocycles. The van der Waals surface area contributed by atoms with Crippen molar-refractivity contribution in [3.05, 3.63) is 60.8 Å². The van der Waals surface area contributed by atoms with Gasteiger partial charge in [-0.1, -0.05) is 423 Å². The molecule has 0 aromatic heterocycles. The largest absolute Gasteiger partial charge is 0.376 e.